The predicted molar refractivity (Wildman–Crippen MR) is 67.9 cm³/mol. The van der Waals surface area contributed by atoms with E-state index in [1.165, 1.54) is 24.3 Å². The summed E-state index contributed by atoms with van der Waals surface area (Å²) in [6.45, 7) is 0. The van der Waals surface area contributed by atoms with Crippen molar-refractivity contribution in [2.75, 3.05) is 0 Å². The van der Waals surface area contributed by atoms with Crippen LogP contribution in [0, 0.1) is 5.82 Å². The molecule has 0 aliphatic heterocycles. The van der Waals surface area contributed by atoms with Crippen LogP contribution in [0.1, 0.15) is 15.9 Å². The number of carbonyl (C=O) groups excluding carboxylic acids is 1. The highest BCUT2D eigenvalue weighted by Crippen LogP contribution is 2.09. The first-order valence-corrected chi connectivity index (χ1v) is 5.36. The van der Waals surface area contributed by atoms with E-state index in [4.69, 9.17) is 5.84 Å². The van der Waals surface area contributed by atoms with E-state index in [-0.39, 0.29) is 17.3 Å². The number of carbonyl (C=O) groups is 1. The second kappa shape index (κ2) is 5.23. The summed E-state index contributed by atoms with van der Waals surface area (Å²) in [5.74, 6) is 4.59. The predicted octanol–water partition coefficient (Wildman–Crippen LogP) is 2.37. The first-order valence-electron chi connectivity index (χ1n) is 5.36. The zero-order valence-corrected chi connectivity index (χ0v) is 9.51. The molecule has 2 rings (SSSR count). The number of hydrogen-bond donors (Lipinski definition) is 1. The third kappa shape index (κ3) is 2.43. The summed E-state index contributed by atoms with van der Waals surface area (Å²) in [4.78, 5) is 12.2. The van der Waals surface area contributed by atoms with Gasteiger partial charge < -0.3 is 5.84 Å². The second-order valence-corrected chi connectivity index (χ2v) is 3.68. The molecule has 0 atom stereocenters. The highest BCUT2D eigenvalue weighted by Gasteiger charge is 2.15. The Hall–Kier alpha value is -2.49. The number of hydrazone groups is 1. The minimum Gasteiger partial charge on any atom is -0.323 e. The Kier molecular flexibility index (Phi) is 3.48. The molecule has 2 aromatic rings. The van der Waals surface area contributed by atoms with Crippen molar-refractivity contribution in [2.24, 2.45) is 10.9 Å². The second-order valence-electron chi connectivity index (χ2n) is 3.68. The topological polar surface area (TPSA) is 55.4 Å². The number of rotatable bonds is 3. The lowest BCUT2D eigenvalue weighted by Crippen LogP contribution is -2.17. The molecule has 2 aromatic carbocycles. The molecule has 0 saturated carbocycles. The number of nitrogens with two attached hydrogens (primary N) is 1. The van der Waals surface area contributed by atoms with Crippen molar-refractivity contribution < 1.29 is 9.18 Å². The van der Waals surface area contributed by atoms with E-state index < -0.39 is 0 Å². The van der Waals surface area contributed by atoms with Crippen molar-refractivity contribution in [1.29, 1.82) is 0 Å². The number of nitrogens with zero attached hydrogens (tertiary/aromatic N) is 1. The van der Waals surface area contributed by atoms with E-state index >= 15 is 0 Å². The molecule has 18 heavy (non-hydrogen) atoms. The van der Waals surface area contributed by atoms with Crippen LogP contribution in [0.3, 0.4) is 0 Å². The van der Waals surface area contributed by atoms with Gasteiger partial charge in [0.25, 0.3) is 0 Å². The van der Waals surface area contributed by atoms with Gasteiger partial charge in [-0.05, 0) is 24.3 Å². The zero-order chi connectivity index (χ0) is 13.0. The number of Topliss-reactive ketones (excluding diaryl/α,β-unsaturated/α-hetero) is 1. The minimum atomic E-state index is -0.373. The molecular weight excluding hydrogens is 231 g/mol. The van der Waals surface area contributed by atoms with Gasteiger partial charge in [0.2, 0.25) is 5.78 Å². The Balaban J connectivity index is 2.36. The Morgan fingerprint density at radius 3 is 2.11 bits per heavy atom. The Morgan fingerprint density at radius 1 is 0.944 bits per heavy atom. The molecular formula is C14H11FN2O. The summed E-state index contributed by atoms with van der Waals surface area (Å²) < 4.78 is 12.8. The molecule has 3 nitrogen and oxygen atoms in total. The smallest absolute Gasteiger partial charge is 0.213 e. The SMILES string of the molecule is N/N=C(\C(=O)c1ccccc1)c1ccc(F)cc1. The number of hydrogen-bond acceptors (Lipinski definition) is 3. The lowest BCUT2D eigenvalue weighted by molar-refractivity contribution is 0.106. The van der Waals surface area contributed by atoms with Crippen LogP contribution in [0.5, 0.6) is 0 Å². The molecule has 90 valence electrons. The molecule has 0 aliphatic rings. The summed E-state index contributed by atoms with van der Waals surface area (Å²) in [5.41, 5.74) is 1.10. The van der Waals surface area contributed by atoms with Gasteiger partial charge in [0.15, 0.2) is 0 Å². The maximum Gasteiger partial charge on any atom is 0.213 e. The highest BCUT2D eigenvalue weighted by molar-refractivity contribution is 6.51. The monoisotopic (exact) mass is 242 g/mol. The highest BCUT2D eigenvalue weighted by atomic mass is 19.1. The average molecular weight is 242 g/mol. The van der Waals surface area contributed by atoms with Crippen molar-refractivity contribution in [3.05, 3.63) is 71.5 Å². The van der Waals surface area contributed by atoms with Gasteiger partial charge in [-0.25, -0.2) is 4.39 Å². The number of benzene rings is 2. The molecule has 0 heterocycles. The quantitative estimate of drug-likeness (QED) is 0.389. The van der Waals surface area contributed by atoms with E-state index in [0.29, 0.717) is 11.1 Å². The molecule has 0 aromatic heterocycles. The largest absolute Gasteiger partial charge is 0.323 e. The van der Waals surface area contributed by atoms with E-state index in [1.54, 1.807) is 24.3 Å². The third-order valence-electron chi connectivity index (χ3n) is 2.50. The lowest BCUT2D eigenvalue weighted by Gasteiger charge is -2.04. The van der Waals surface area contributed by atoms with Crippen molar-refractivity contribution in [1.82, 2.24) is 0 Å². The fourth-order valence-electron chi connectivity index (χ4n) is 1.60. The molecule has 0 amide bonds. The van der Waals surface area contributed by atoms with Crippen LogP contribution >= 0.6 is 0 Å². The standard InChI is InChI=1S/C14H11FN2O/c15-12-8-6-10(7-9-12)13(17-16)14(18)11-4-2-1-3-5-11/h1-9H,16H2/b17-13-. The Bertz CT molecular complexity index is 577. The molecule has 0 radical (unpaired) electrons. The number of halogens is 1. The van der Waals surface area contributed by atoms with Crippen LogP contribution in [0.4, 0.5) is 4.39 Å². The van der Waals surface area contributed by atoms with E-state index in [2.05, 4.69) is 5.10 Å². The van der Waals surface area contributed by atoms with Crippen LogP contribution in [0.15, 0.2) is 59.7 Å². The van der Waals surface area contributed by atoms with Gasteiger partial charge in [0.05, 0.1) is 0 Å². The molecule has 0 spiro atoms. The van der Waals surface area contributed by atoms with Crippen LogP contribution in [0.25, 0.3) is 0 Å². The summed E-state index contributed by atoms with van der Waals surface area (Å²) in [6, 6.07) is 14.2. The summed E-state index contributed by atoms with van der Waals surface area (Å²) in [6.07, 6.45) is 0. The molecule has 0 aliphatic carbocycles. The maximum atomic E-state index is 12.8. The van der Waals surface area contributed by atoms with Crippen molar-refractivity contribution in [3.8, 4) is 0 Å². The molecule has 0 bridgehead atoms. The number of ketones is 1. The fourth-order valence-corrected chi connectivity index (χ4v) is 1.60. The lowest BCUT2D eigenvalue weighted by atomic mass is 10.0. The minimum absolute atomic E-state index is 0.112. The van der Waals surface area contributed by atoms with Crippen LogP contribution in [-0.4, -0.2) is 11.5 Å². The van der Waals surface area contributed by atoms with Gasteiger partial charge in [-0.15, -0.1) is 0 Å². The van der Waals surface area contributed by atoms with E-state index in [9.17, 15) is 9.18 Å². The summed E-state index contributed by atoms with van der Waals surface area (Å²) >= 11 is 0. The van der Waals surface area contributed by atoms with Gasteiger partial charge in [-0.2, -0.15) is 5.10 Å². The van der Waals surface area contributed by atoms with Gasteiger partial charge in [-0.1, -0.05) is 30.3 Å². The van der Waals surface area contributed by atoms with Crippen LogP contribution in [-0.2, 0) is 0 Å². The van der Waals surface area contributed by atoms with Crippen molar-refractivity contribution in [2.45, 2.75) is 0 Å². The van der Waals surface area contributed by atoms with Crippen molar-refractivity contribution >= 4 is 11.5 Å². The van der Waals surface area contributed by atoms with Gasteiger partial charge in [0, 0.05) is 11.1 Å². The maximum absolute atomic E-state index is 12.8. The van der Waals surface area contributed by atoms with E-state index in [0.717, 1.165) is 0 Å². The Labute approximate surface area is 104 Å². The summed E-state index contributed by atoms with van der Waals surface area (Å²) in [5, 5.41) is 3.51. The third-order valence-corrected chi connectivity index (χ3v) is 2.50. The van der Waals surface area contributed by atoms with Gasteiger partial charge >= 0.3 is 0 Å². The molecule has 0 saturated heterocycles. The average Bonchev–Trinajstić information content (AvgIpc) is 2.42. The first-order chi connectivity index (χ1) is 8.72. The molecule has 0 fully saturated rings. The zero-order valence-electron chi connectivity index (χ0n) is 9.51. The van der Waals surface area contributed by atoms with Crippen LogP contribution < -0.4 is 5.84 Å². The van der Waals surface area contributed by atoms with E-state index in [1.807, 2.05) is 6.07 Å². The van der Waals surface area contributed by atoms with Gasteiger partial charge in [-0.3, -0.25) is 4.79 Å². The van der Waals surface area contributed by atoms with Gasteiger partial charge in [0.1, 0.15) is 11.5 Å². The van der Waals surface area contributed by atoms with Crippen LogP contribution in [0.2, 0.25) is 0 Å². The molecule has 2 N–H and O–H groups in total. The van der Waals surface area contributed by atoms with Crippen molar-refractivity contribution in [3.63, 3.8) is 0 Å². The fraction of sp³-hybridized carbons (Fsp3) is 0. The molecule has 0 unspecified atom stereocenters. The normalized spacial score (nSPS) is 11.3. The molecule has 4 heteroatoms. The summed E-state index contributed by atoms with van der Waals surface area (Å²) in [7, 11) is 0. The Morgan fingerprint density at radius 2 is 1.56 bits per heavy atom. The first kappa shape index (κ1) is 12.0.